The van der Waals surface area contributed by atoms with Gasteiger partial charge in [0.05, 0.1) is 17.7 Å². The highest BCUT2D eigenvalue weighted by molar-refractivity contribution is 7.92. The van der Waals surface area contributed by atoms with Gasteiger partial charge in [-0.1, -0.05) is 24.3 Å². The van der Waals surface area contributed by atoms with Crippen LogP contribution in [0.25, 0.3) is 0 Å². The third-order valence-corrected chi connectivity index (χ3v) is 5.07. The Balaban J connectivity index is 2.61. The van der Waals surface area contributed by atoms with Crippen molar-refractivity contribution in [1.29, 1.82) is 0 Å². The lowest BCUT2D eigenvalue weighted by molar-refractivity contribution is -0.135. The SMILES string of the molecule is COc1ccc(C)c(N(CC(=O)O)S(=O)(=O)c2ccccc2)c1. The number of benzene rings is 2. The Kier molecular flexibility index (Phi) is 4.90. The highest BCUT2D eigenvalue weighted by Crippen LogP contribution is 2.30. The molecule has 0 unspecified atom stereocenters. The molecule has 122 valence electrons. The molecular formula is C16H17NO5S. The summed E-state index contributed by atoms with van der Waals surface area (Å²) in [5.41, 5.74) is 0.905. The quantitative estimate of drug-likeness (QED) is 0.875. The van der Waals surface area contributed by atoms with Gasteiger partial charge in [-0.25, -0.2) is 8.42 Å². The predicted octanol–water partition coefficient (Wildman–Crippen LogP) is 2.28. The molecule has 6 nitrogen and oxygen atoms in total. The van der Waals surface area contributed by atoms with Crippen molar-refractivity contribution in [3.8, 4) is 5.75 Å². The molecule has 0 aromatic heterocycles. The number of carbonyl (C=O) groups is 1. The molecule has 0 atom stereocenters. The normalized spacial score (nSPS) is 11.0. The number of hydrogen-bond acceptors (Lipinski definition) is 4. The van der Waals surface area contributed by atoms with Gasteiger partial charge in [0.25, 0.3) is 10.0 Å². The maximum atomic E-state index is 12.8. The number of ether oxygens (including phenoxy) is 1. The van der Waals surface area contributed by atoms with Crippen molar-refractivity contribution in [3.63, 3.8) is 0 Å². The van der Waals surface area contributed by atoms with Gasteiger partial charge in [-0.05, 0) is 30.7 Å². The topological polar surface area (TPSA) is 83.9 Å². The Morgan fingerprint density at radius 3 is 2.39 bits per heavy atom. The van der Waals surface area contributed by atoms with E-state index in [1.54, 1.807) is 37.3 Å². The first-order valence-corrected chi connectivity index (χ1v) is 8.24. The summed E-state index contributed by atoms with van der Waals surface area (Å²) in [6.07, 6.45) is 0. The van der Waals surface area contributed by atoms with E-state index in [0.29, 0.717) is 11.3 Å². The summed E-state index contributed by atoms with van der Waals surface area (Å²) in [6, 6.07) is 12.6. The number of sulfonamides is 1. The molecule has 0 fully saturated rings. The molecule has 0 heterocycles. The fourth-order valence-electron chi connectivity index (χ4n) is 2.13. The van der Waals surface area contributed by atoms with Crippen LogP contribution in [0.1, 0.15) is 5.56 Å². The van der Waals surface area contributed by atoms with Crippen LogP contribution in [0.15, 0.2) is 53.4 Å². The first-order chi connectivity index (χ1) is 10.9. The number of methoxy groups -OCH3 is 1. The average molecular weight is 335 g/mol. The minimum atomic E-state index is -4.00. The lowest BCUT2D eigenvalue weighted by Gasteiger charge is -2.24. The predicted molar refractivity (Wildman–Crippen MR) is 86.3 cm³/mol. The molecule has 0 saturated carbocycles. The smallest absolute Gasteiger partial charge is 0.324 e. The molecule has 0 aliphatic carbocycles. The van der Waals surface area contributed by atoms with Gasteiger partial charge in [0.2, 0.25) is 0 Å². The maximum absolute atomic E-state index is 12.8. The highest BCUT2D eigenvalue weighted by atomic mass is 32.2. The highest BCUT2D eigenvalue weighted by Gasteiger charge is 2.28. The van der Waals surface area contributed by atoms with Crippen LogP contribution < -0.4 is 9.04 Å². The largest absolute Gasteiger partial charge is 0.497 e. The third kappa shape index (κ3) is 3.62. The summed E-state index contributed by atoms with van der Waals surface area (Å²) >= 11 is 0. The van der Waals surface area contributed by atoms with E-state index < -0.39 is 22.5 Å². The molecule has 2 aromatic carbocycles. The van der Waals surface area contributed by atoms with E-state index in [9.17, 15) is 13.2 Å². The van der Waals surface area contributed by atoms with Crippen LogP contribution in [-0.4, -0.2) is 33.1 Å². The number of nitrogens with zero attached hydrogens (tertiary/aromatic N) is 1. The summed E-state index contributed by atoms with van der Waals surface area (Å²) in [5, 5.41) is 9.14. The summed E-state index contributed by atoms with van der Waals surface area (Å²) in [4.78, 5) is 11.2. The summed E-state index contributed by atoms with van der Waals surface area (Å²) in [7, 11) is -2.54. The zero-order chi connectivity index (χ0) is 17.0. The van der Waals surface area contributed by atoms with Crippen molar-refractivity contribution < 1.29 is 23.1 Å². The van der Waals surface area contributed by atoms with Crippen molar-refractivity contribution in [3.05, 3.63) is 54.1 Å². The van der Waals surface area contributed by atoms with Crippen molar-refractivity contribution in [2.24, 2.45) is 0 Å². The van der Waals surface area contributed by atoms with Gasteiger partial charge in [0.1, 0.15) is 12.3 Å². The van der Waals surface area contributed by atoms with Crippen molar-refractivity contribution >= 4 is 21.7 Å². The summed E-state index contributed by atoms with van der Waals surface area (Å²) in [6.45, 7) is 1.04. The third-order valence-electron chi connectivity index (χ3n) is 3.30. The molecule has 0 radical (unpaired) electrons. The molecule has 2 aromatic rings. The molecule has 0 saturated heterocycles. The number of rotatable bonds is 6. The Bertz CT molecular complexity index is 802. The number of carboxylic acids is 1. The maximum Gasteiger partial charge on any atom is 0.324 e. The van der Waals surface area contributed by atoms with Gasteiger partial charge in [0.15, 0.2) is 0 Å². The van der Waals surface area contributed by atoms with E-state index in [0.717, 1.165) is 4.31 Å². The molecule has 7 heteroatoms. The van der Waals surface area contributed by atoms with E-state index in [1.165, 1.54) is 25.3 Å². The van der Waals surface area contributed by atoms with Crippen molar-refractivity contribution in [2.45, 2.75) is 11.8 Å². The first-order valence-electron chi connectivity index (χ1n) is 6.80. The van der Waals surface area contributed by atoms with Gasteiger partial charge in [-0.15, -0.1) is 0 Å². The summed E-state index contributed by atoms with van der Waals surface area (Å²) in [5.74, 6) is -0.795. The molecule has 0 bridgehead atoms. The second-order valence-corrected chi connectivity index (χ2v) is 6.73. The molecule has 1 N–H and O–H groups in total. The Morgan fingerprint density at radius 1 is 1.17 bits per heavy atom. The van der Waals surface area contributed by atoms with Crippen LogP contribution in [0.2, 0.25) is 0 Å². The van der Waals surface area contributed by atoms with Gasteiger partial charge < -0.3 is 9.84 Å². The number of aryl methyl sites for hydroxylation is 1. The Labute approximate surface area is 135 Å². The molecule has 23 heavy (non-hydrogen) atoms. The molecule has 0 amide bonds. The zero-order valence-corrected chi connectivity index (χ0v) is 13.6. The minimum Gasteiger partial charge on any atom is -0.497 e. The van der Waals surface area contributed by atoms with Crippen LogP contribution in [-0.2, 0) is 14.8 Å². The average Bonchev–Trinajstić information content (AvgIpc) is 2.54. The standard InChI is InChI=1S/C16H17NO5S/c1-12-8-9-13(22-2)10-15(12)17(11-16(18)19)23(20,21)14-6-4-3-5-7-14/h3-10H,11H2,1-2H3,(H,18,19). The van der Waals surface area contributed by atoms with Crippen LogP contribution in [0.3, 0.4) is 0 Å². The molecule has 0 spiro atoms. The van der Waals surface area contributed by atoms with Crippen LogP contribution >= 0.6 is 0 Å². The zero-order valence-electron chi connectivity index (χ0n) is 12.8. The number of carboxylic acid groups (broad SMARTS) is 1. The van der Waals surface area contributed by atoms with E-state index >= 15 is 0 Å². The van der Waals surface area contributed by atoms with E-state index in [1.807, 2.05) is 0 Å². The van der Waals surface area contributed by atoms with E-state index in [4.69, 9.17) is 9.84 Å². The fourth-order valence-corrected chi connectivity index (χ4v) is 3.62. The fraction of sp³-hybridized carbons (Fsp3) is 0.188. The number of aliphatic carboxylic acids is 1. The molecule has 0 aliphatic heterocycles. The lowest BCUT2D eigenvalue weighted by Crippen LogP contribution is -2.36. The van der Waals surface area contributed by atoms with Crippen molar-refractivity contribution in [1.82, 2.24) is 0 Å². The Morgan fingerprint density at radius 2 is 1.83 bits per heavy atom. The van der Waals surface area contributed by atoms with Gasteiger partial charge in [-0.2, -0.15) is 0 Å². The van der Waals surface area contributed by atoms with Crippen molar-refractivity contribution in [2.75, 3.05) is 18.0 Å². The monoisotopic (exact) mass is 335 g/mol. The van der Waals surface area contributed by atoms with E-state index in [-0.39, 0.29) is 10.6 Å². The van der Waals surface area contributed by atoms with Crippen LogP contribution in [0, 0.1) is 6.92 Å². The minimum absolute atomic E-state index is 0.0310. The summed E-state index contributed by atoms with van der Waals surface area (Å²) < 4.78 is 31.7. The Hall–Kier alpha value is -2.54. The van der Waals surface area contributed by atoms with E-state index in [2.05, 4.69) is 0 Å². The molecule has 2 rings (SSSR count). The second-order valence-electron chi connectivity index (χ2n) is 4.87. The van der Waals surface area contributed by atoms with Gasteiger partial charge in [0, 0.05) is 6.07 Å². The second kappa shape index (κ2) is 6.70. The van der Waals surface area contributed by atoms with Crippen LogP contribution in [0.4, 0.5) is 5.69 Å². The van der Waals surface area contributed by atoms with Gasteiger partial charge in [-0.3, -0.25) is 9.10 Å². The first kappa shape index (κ1) is 16.8. The molecular weight excluding hydrogens is 318 g/mol. The van der Waals surface area contributed by atoms with Gasteiger partial charge >= 0.3 is 5.97 Å². The van der Waals surface area contributed by atoms with Crippen LogP contribution in [0.5, 0.6) is 5.75 Å². The number of anilines is 1. The molecule has 0 aliphatic rings. The lowest BCUT2D eigenvalue weighted by atomic mass is 10.2. The number of hydrogen-bond donors (Lipinski definition) is 1.